The second-order valence-electron chi connectivity index (χ2n) is 7.80. The Morgan fingerprint density at radius 2 is 2.00 bits per heavy atom. The third-order valence-electron chi connectivity index (χ3n) is 6.32. The molecular weight excluding hydrogens is 322 g/mol. The minimum atomic E-state index is -0.802. The lowest BCUT2D eigenvalue weighted by atomic mass is 9.75. The van der Waals surface area contributed by atoms with E-state index in [0.717, 1.165) is 43.4 Å². The predicted molar refractivity (Wildman–Crippen MR) is 91.6 cm³/mol. The summed E-state index contributed by atoms with van der Waals surface area (Å²) in [6, 6.07) is -0.521. The van der Waals surface area contributed by atoms with Gasteiger partial charge in [-0.2, -0.15) is 0 Å². The Morgan fingerprint density at radius 3 is 2.64 bits per heavy atom. The van der Waals surface area contributed by atoms with Crippen LogP contribution in [0.25, 0.3) is 0 Å². The van der Waals surface area contributed by atoms with E-state index in [9.17, 15) is 19.5 Å². The number of hydrogen-bond donors (Lipinski definition) is 3. The van der Waals surface area contributed by atoms with Crippen LogP contribution in [0.15, 0.2) is 0 Å². The number of urea groups is 1. The highest BCUT2D eigenvalue weighted by Gasteiger charge is 2.52. The number of amides is 4. The Bertz CT molecular complexity index is 542. The molecule has 0 bridgehead atoms. The molecule has 1 saturated heterocycles. The third kappa shape index (κ3) is 3.52. The average Bonchev–Trinajstić information content (AvgIpc) is 3.14. The first-order valence-corrected chi connectivity index (χ1v) is 9.53. The van der Waals surface area contributed by atoms with Crippen molar-refractivity contribution in [3.63, 3.8) is 0 Å². The van der Waals surface area contributed by atoms with E-state index < -0.39 is 11.6 Å². The predicted octanol–water partition coefficient (Wildman–Crippen LogP) is 1.15. The summed E-state index contributed by atoms with van der Waals surface area (Å²) < 4.78 is 0. The number of nitrogens with one attached hydrogen (secondary N) is 2. The number of carbonyl (C=O) groups excluding carboxylic acids is 3. The monoisotopic (exact) mass is 351 g/mol. The van der Waals surface area contributed by atoms with Gasteiger partial charge in [-0.15, -0.1) is 0 Å². The third-order valence-corrected chi connectivity index (χ3v) is 6.32. The first kappa shape index (κ1) is 18.2. The van der Waals surface area contributed by atoms with E-state index in [0.29, 0.717) is 18.8 Å². The zero-order valence-electron chi connectivity index (χ0n) is 14.9. The van der Waals surface area contributed by atoms with Crippen LogP contribution in [0.2, 0.25) is 0 Å². The second-order valence-corrected chi connectivity index (χ2v) is 7.80. The molecule has 7 nitrogen and oxygen atoms in total. The first-order chi connectivity index (χ1) is 12.0. The first-order valence-electron chi connectivity index (χ1n) is 9.53. The lowest BCUT2D eigenvalue weighted by Gasteiger charge is -2.34. The van der Waals surface area contributed by atoms with E-state index in [-0.39, 0.29) is 36.9 Å². The van der Waals surface area contributed by atoms with Crippen molar-refractivity contribution in [1.29, 1.82) is 0 Å². The molecule has 0 aromatic carbocycles. The topological polar surface area (TPSA) is 98.7 Å². The maximum atomic E-state index is 12.8. The van der Waals surface area contributed by atoms with Crippen molar-refractivity contribution in [2.24, 2.45) is 11.8 Å². The van der Waals surface area contributed by atoms with Gasteiger partial charge < -0.3 is 15.7 Å². The molecule has 0 unspecified atom stereocenters. The van der Waals surface area contributed by atoms with Crippen molar-refractivity contribution < 1.29 is 19.5 Å². The molecule has 25 heavy (non-hydrogen) atoms. The summed E-state index contributed by atoms with van der Waals surface area (Å²) >= 11 is 0. The standard InChI is InChI=1S/C18H29N3O4/c1-2-12-6-8-18(9-7-12)16(24)21(17(25)20-18)10-15(23)19-14-5-3-4-13(14)11-22/h12-14,22H,2-11H2,1H3,(H,19,23)(H,20,25)/t12?,13-,14+,18?/m0/s1. The zero-order chi connectivity index (χ0) is 18.0. The molecule has 0 radical (unpaired) electrons. The molecule has 1 spiro atoms. The lowest BCUT2D eigenvalue weighted by molar-refractivity contribution is -0.136. The van der Waals surface area contributed by atoms with E-state index in [1.165, 1.54) is 0 Å². The smallest absolute Gasteiger partial charge is 0.325 e. The molecular formula is C18H29N3O4. The van der Waals surface area contributed by atoms with Crippen molar-refractivity contribution in [3.05, 3.63) is 0 Å². The molecule has 3 fully saturated rings. The summed E-state index contributed by atoms with van der Waals surface area (Å²) in [5, 5.41) is 15.1. The van der Waals surface area contributed by atoms with Crippen LogP contribution >= 0.6 is 0 Å². The molecule has 0 aromatic rings. The maximum Gasteiger partial charge on any atom is 0.325 e. The Labute approximate surface area is 148 Å². The molecule has 4 amide bonds. The van der Waals surface area contributed by atoms with Gasteiger partial charge in [-0.3, -0.25) is 14.5 Å². The number of carbonyl (C=O) groups is 3. The zero-order valence-corrected chi connectivity index (χ0v) is 14.9. The summed E-state index contributed by atoms with van der Waals surface area (Å²) in [5.74, 6) is 0.105. The summed E-state index contributed by atoms with van der Waals surface area (Å²) in [4.78, 5) is 38.5. The van der Waals surface area contributed by atoms with E-state index in [1.54, 1.807) is 0 Å². The van der Waals surface area contributed by atoms with Gasteiger partial charge >= 0.3 is 6.03 Å². The SMILES string of the molecule is CCC1CCC2(CC1)NC(=O)N(CC(=O)N[C@@H]1CCC[C@H]1CO)C2=O. The minimum absolute atomic E-state index is 0.0514. The van der Waals surface area contributed by atoms with Gasteiger partial charge in [-0.1, -0.05) is 19.8 Å². The van der Waals surface area contributed by atoms with Crippen molar-refractivity contribution in [2.45, 2.75) is 69.9 Å². The number of aliphatic hydroxyl groups excluding tert-OH is 1. The summed E-state index contributed by atoms with van der Waals surface area (Å²) in [6.45, 7) is 1.96. The van der Waals surface area contributed by atoms with Gasteiger partial charge in [0.25, 0.3) is 5.91 Å². The van der Waals surface area contributed by atoms with Gasteiger partial charge in [0, 0.05) is 18.6 Å². The Morgan fingerprint density at radius 1 is 1.28 bits per heavy atom. The molecule has 3 N–H and O–H groups in total. The van der Waals surface area contributed by atoms with Crippen LogP contribution in [0.4, 0.5) is 4.79 Å². The van der Waals surface area contributed by atoms with Crippen LogP contribution in [0.3, 0.4) is 0 Å². The Kier molecular flexibility index (Phi) is 5.32. The van der Waals surface area contributed by atoms with E-state index in [4.69, 9.17) is 0 Å². The number of rotatable bonds is 5. The van der Waals surface area contributed by atoms with Gasteiger partial charge in [0.15, 0.2) is 0 Å². The molecule has 140 valence electrons. The summed E-state index contributed by atoms with van der Waals surface area (Å²) in [7, 11) is 0. The van der Waals surface area contributed by atoms with Gasteiger partial charge in [0.1, 0.15) is 12.1 Å². The molecule has 2 aliphatic carbocycles. The number of nitrogens with zero attached hydrogens (tertiary/aromatic N) is 1. The molecule has 7 heteroatoms. The summed E-state index contributed by atoms with van der Waals surface area (Å²) in [6.07, 6.45) is 6.98. The molecule has 0 aromatic heterocycles. The number of imide groups is 1. The Balaban J connectivity index is 1.58. The molecule has 1 aliphatic heterocycles. The molecule has 2 saturated carbocycles. The number of hydrogen-bond acceptors (Lipinski definition) is 4. The van der Waals surface area contributed by atoms with Gasteiger partial charge in [-0.05, 0) is 44.4 Å². The van der Waals surface area contributed by atoms with Gasteiger partial charge in [-0.25, -0.2) is 4.79 Å². The van der Waals surface area contributed by atoms with Crippen molar-refractivity contribution in [2.75, 3.05) is 13.2 Å². The summed E-state index contributed by atoms with van der Waals surface area (Å²) in [5.41, 5.74) is -0.802. The lowest BCUT2D eigenvalue weighted by Crippen LogP contribution is -2.50. The van der Waals surface area contributed by atoms with Crippen LogP contribution in [0, 0.1) is 11.8 Å². The molecule has 3 rings (SSSR count). The van der Waals surface area contributed by atoms with Crippen molar-refractivity contribution in [3.8, 4) is 0 Å². The number of aliphatic hydroxyl groups is 1. The van der Waals surface area contributed by atoms with Crippen LogP contribution in [-0.4, -0.2) is 52.6 Å². The van der Waals surface area contributed by atoms with Crippen molar-refractivity contribution in [1.82, 2.24) is 15.5 Å². The molecule has 3 aliphatic rings. The molecule has 1 heterocycles. The maximum absolute atomic E-state index is 12.8. The quantitative estimate of drug-likeness (QED) is 0.647. The normalized spacial score (nSPS) is 35.3. The fraction of sp³-hybridized carbons (Fsp3) is 0.833. The van der Waals surface area contributed by atoms with Gasteiger partial charge in [0.2, 0.25) is 5.91 Å². The van der Waals surface area contributed by atoms with Crippen LogP contribution < -0.4 is 10.6 Å². The molecule has 2 atom stereocenters. The highest BCUT2D eigenvalue weighted by Crippen LogP contribution is 2.37. The highest BCUT2D eigenvalue weighted by molar-refractivity contribution is 6.09. The fourth-order valence-corrected chi connectivity index (χ4v) is 4.58. The van der Waals surface area contributed by atoms with Crippen LogP contribution in [0.5, 0.6) is 0 Å². The van der Waals surface area contributed by atoms with Crippen LogP contribution in [0.1, 0.15) is 58.3 Å². The fourth-order valence-electron chi connectivity index (χ4n) is 4.58. The highest BCUT2D eigenvalue weighted by atomic mass is 16.3. The van der Waals surface area contributed by atoms with Gasteiger partial charge in [0.05, 0.1) is 0 Å². The average molecular weight is 351 g/mol. The minimum Gasteiger partial charge on any atom is -0.396 e. The van der Waals surface area contributed by atoms with Crippen molar-refractivity contribution >= 4 is 17.8 Å². The van der Waals surface area contributed by atoms with Crippen LogP contribution in [-0.2, 0) is 9.59 Å². The van der Waals surface area contributed by atoms with E-state index in [1.807, 2.05) is 0 Å². The van der Waals surface area contributed by atoms with E-state index in [2.05, 4.69) is 17.6 Å². The largest absolute Gasteiger partial charge is 0.396 e. The second kappa shape index (κ2) is 7.32. The Hall–Kier alpha value is -1.63. The van der Waals surface area contributed by atoms with E-state index >= 15 is 0 Å².